The molecule has 0 aliphatic carbocycles. The van der Waals surface area contributed by atoms with Crippen molar-refractivity contribution < 1.29 is 0 Å². The zero-order chi connectivity index (χ0) is 23.2. The van der Waals surface area contributed by atoms with Gasteiger partial charge < -0.3 is 15.1 Å². The van der Waals surface area contributed by atoms with Crippen molar-refractivity contribution >= 4 is 40.6 Å². The summed E-state index contributed by atoms with van der Waals surface area (Å²) in [7, 11) is 0. The van der Waals surface area contributed by atoms with E-state index in [1.165, 1.54) is 5.69 Å². The number of anilines is 3. The highest BCUT2D eigenvalue weighted by Crippen LogP contribution is 2.17. The van der Waals surface area contributed by atoms with Crippen LogP contribution in [0.4, 0.5) is 17.3 Å². The lowest BCUT2D eigenvalue weighted by atomic mass is 10.2. The van der Waals surface area contributed by atoms with E-state index in [1.54, 1.807) is 0 Å². The Balaban J connectivity index is 1.54. The van der Waals surface area contributed by atoms with Crippen LogP contribution in [0.2, 0.25) is 0 Å². The van der Waals surface area contributed by atoms with Crippen molar-refractivity contribution in [2.45, 2.75) is 20.8 Å². The number of benzene rings is 2. The molecule has 1 aliphatic heterocycles. The Labute approximate surface area is 200 Å². The second kappa shape index (κ2) is 10.4. The van der Waals surface area contributed by atoms with Crippen LogP contribution >= 0.6 is 12.2 Å². The van der Waals surface area contributed by atoms with Crippen molar-refractivity contribution in [1.29, 1.82) is 0 Å². The molecular formula is C25H29N7S. The summed E-state index contributed by atoms with van der Waals surface area (Å²) in [4.78, 5) is 18.4. The Morgan fingerprint density at radius 2 is 1.48 bits per heavy atom. The van der Waals surface area contributed by atoms with Crippen LogP contribution in [-0.4, -0.2) is 52.1 Å². The third-order valence-electron chi connectivity index (χ3n) is 5.50. The zero-order valence-corrected chi connectivity index (χ0v) is 20.1. The molecule has 1 fully saturated rings. The molecule has 0 unspecified atom stereocenters. The Morgan fingerprint density at radius 1 is 0.848 bits per heavy atom. The summed E-state index contributed by atoms with van der Waals surface area (Å²) < 4.78 is 0. The van der Waals surface area contributed by atoms with Gasteiger partial charge in [0.15, 0.2) is 0 Å². The van der Waals surface area contributed by atoms with E-state index in [1.807, 2.05) is 57.2 Å². The maximum absolute atomic E-state index is 5.59. The molecule has 0 spiro atoms. The first-order chi connectivity index (χ1) is 16.0. The lowest BCUT2D eigenvalue weighted by molar-refractivity contribution is 0.385. The predicted octanol–water partition coefficient (Wildman–Crippen LogP) is 4.39. The number of nitrogens with zero attached hydrogens (tertiary/aromatic N) is 5. The third kappa shape index (κ3) is 6.04. The molecule has 7 nitrogen and oxygen atoms in total. The normalized spacial score (nSPS) is 14.2. The maximum atomic E-state index is 5.59. The minimum atomic E-state index is 0.390. The topological polar surface area (TPSA) is 68.7 Å². The minimum Gasteiger partial charge on any atom is -0.368 e. The zero-order valence-electron chi connectivity index (χ0n) is 19.2. The van der Waals surface area contributed by atoms with E-state index in [0.717, 1.165) is 48.8 Å². The molecule has 1 saturated heterocycles. The molecule has 1 aliphatic rings. The Kier molecular flexibility index (Phi) is 7.14. The molecule has 0 bridgehead atoms. The molecule has 3 aromatic rings. The summed E-state index contributed by atoms with van der Waals surface area (Å²) in [5.74, 6) is 1.18. The van der Waals surface area contributed by atoms with Crippen LogP contribution in [0, 0.1) is 20.8 Å². The highest BCUT2D eigenvalue weighted by Gasteiger charge is 2.21. The van der Waals surface area contributed by atoms with Gasteiger partial charge in [0.2, 0.25) is 17.0 Å². The average molecular weight is 460 g/mol. The number of rotatable bonds is 3. The lowest BCUT2D eigenvalue weighted by Gasteiger charge is -2.37. The number of para-hydroxylation sites is 2. The highest BCUT2D eigenvalue weighted by atomic mass is 32.1. The van der Waals surface area contributed by atoms with Gasteiger partial charge in [0.1, 0.15) is 0 Å². The summed E-state index contributed by atoms with van der Waals surface area (Å²) in [6.45, 7) is 9.34. The van der Waals surface area contributed by atoms with Gasteiger partial charge in [-0.3, -0.25) is 5.32 Å². The van der Waals surface area contributed by atoms with Crippen LogP contribution in [0.15, 0.2) is 65.7 Å². The number of hydrogen-bond acceptors (Lipinski definition) is 4. The summed E-state index contributed by atoms with van der Waals surface area (Å²) in [5, 5.41) is 6.96. The molecule has 170 valence electrons. The highest BCUT2D eigenvalue weighted by molar-refractivity contribution is 7.80. The standard InChI is InChI=1S/C25H29N7S/c1-18-9-7-8-12-22(18)28-25(33)30-24(29-23-26-19(2)17-20(3)27-23)32-15-13-31(14-16-32)21-10-5-4-6-11-21/h4-12,17H,13-16H2,1-3H3,(H2,26,27,28,29,30,33). The van der Waals surface area contributed by atoms with E-state index >= 15 is 0 Å². The molecule has 33 heavy (non-hydrogen) atoms. The van der Waals surface area contributed by atoms with Gasteiger partial charge in [0.05, 0.1) is 0 Å². The quantitative estimate of drug-likeness (QED) is 0.342. The maximum Gasteiger partial charge on any atom is 0.229 e. The molecule has 0 atom stereocenters. The minimum absolute atomic E-state index is 0.390. The van der Waals surface area contributed by atoms with E-state index in [2.05, 4.69) is 54.7 Å². The number of hydrogen-bond donors (Lipinski definition) is 2. The Hall–Kier alpha value is -3.52. The van der Waals surface area contributed by atoms with E-state index in [-0.39, 0.29) is 0 Å². The molecular weight excluding hydrogens is 430 g/mol. The van der Waals surface area contributed by atoms with Crippen LogP contribution in [0.1, 0.15) is 17.0 Å². The fourth-order valence-electron chi connectivity index (χ4n) is 3.83. The van der Waals surface area contributed by atoms with Crippen LogP contribution in [0.3, 0.4) is 0 Å². The summed E-state index contributed by atoms with van der Waals surface area (Å²) >= 11 is 5.59. The molecule has 1 aromatic heterocycles. The molecule has 2 aromatic carbocycles. The van der Waals surface area contributed by atoms with Crippen LogP contribution in [0.5, 0.6) is 0 Å². The average Bonchev–Trinajstić information content (AvgIpc) is 2.80. The van der Waals surface area contributed by atoms with Gasteiger partial charge in [-0.15, -0.1) is 0 Å². The van der Waals surface area contributed by atoms with E-state index in [0.29, 0.717) is 17.0 Å². The number of aryl methyl sites for hydroxylation is 3. The van der Waals surface area contributed by atoms with Crippen LogP contribution < -0.4 is 15.5 Å². The number of aromatic nitrogens is 2. The molecule has 0 saturated carbocycles. The molecule has 8 heteroatoms. The van der Waals surface area contributed by atoms with E-state index in [4.69, 9.17) is 17.2 Å². The van der Waals surface area contributed by atoms with Gasteiger partial charge in [0.25, 0.3) is 0 Å². The second-order valence-corrected chi connectivity index (χ2v) is 8.48. The molecule has 0 amide bonds. The summed E-state index contributed by atoms with van der Waals surface area (Å²) in [6, 6.07) is 20.4. The van der Waals surface area contributed by atoms with Gasteiger partial charge >= 0.3 is 0 Å². The van der Waals surface area contributed by atoms with E-state index < -0.39 is 0 Å². The fourth-order valence-corrected chi connectivity index (χ4v) is 4.02. The number of nitrogens with one attached hydrogen (secondary N) is 2. The fraction of sp³-hybridized carbons (Fsp3) is 0.280. The summed E-state index contributed by atoms with van der Waals surface area (Å²) in [5.41, 5.74) is 5.09. The number of thiocarbonyl (C=S) groups is 1. The molecule has 2 heterocycles. The number of piperazine rings is 1. The van der Waals surface area contributed by atoms with Crippen molar-refractivity contribution in [3.63, 3.8) is 0 Å². The first-order valence-electron chi connectivity index (χ1n) is 11.1. The van der Waals surface area contributed by atoms with Crippen LogP contribution in [-0.2, 0) is 0 Å². The number of guanidine groups is 1. The Morgan fingerprint density at radius 3 is 2.15 bits per heavy atom. The Bertz CT molecular complexity index is 1120. The molecule has 4 rings (SSSR count). The lowest BCUT2D eigenvalue weighted by Crippen LogP contribution is -2.51. The molecule has 0 radical (unpaired) electrons. The van der Waals surface area contributed by atoms with Crippen molar-refractivity contribution in [3.05, 3.63) is 77.6 Å². The third-order valence-corrected chi connectivity index (χ3v) is 5.69. The monoisotopic (exact) mass is 459 g/mol. The van der Waals surface area contributed by atoms with Gasteiger partial charge in [-0.1, -0.05) is 36.4 Å². The van der Waals surface area contributed by atoms with Gasteiger partial charge in [-0.05, 0) is 62.8 Å². The molecule has 2 N–H and O–H groups in total. The predicted molar refractivity (Wildman–Crippen MR) is 140 cm³/mol. The van der Waals surface area contributed by atoms with Crippen LogP contribution in [0.25, 0.3) is 0 Å². The van der Waals surface area contributed by atoms with Gasteiger partial charge in [-0.2, -0.15) is 4.99 Å². The smallest absolute Gasteiger partial charge is 0.229 e. The van der Waals surface area contributed by atoms with Crippen molar-refractivity contribution in [2.24, 2.45) is 4.99 Å². The SMILES string of the molecule is Cc1cc(C)nc(N/C(=N/C(=S)Nc2ccccc2C)N2CCN(c3ccccc3)CC2)n1. The largest absolute Gasteiger partial charge is 0.368 e. The summed E-state index contributed by atoms with van der Waals surface area (Å²) in [6.07, 6.45) is 0. The van der Waals surface area contributed by atoms with Crippen molar-refractivity contribution in [2.75, 3.05) is 41.7 Å². The first-order valence-corrected chi connectivity index (χ1v) is 11.5. The van der Waals surface area contributed by atoms with Crippen molar-refractivity contribution in [3.8, 4) is 0 Å². The number of aliphatic imine (C=N–C) groups is 1. The van der Waals surface area contributed by atoms with E-state index in [9.17, 15) is 0 Å². The second-order valence-electron chi connectivity index (χ2n) is 8.09. The van der Waals surface area contributed by atoms with Gasteiger partial charge in [0, 0.05) is 48.9 Å². The van der Waals surface area contributed by atoms with Crippen molar-refractivity contribution in [1.82, 2.24) is 14.9 Å². The van der Waals surface area contributed by atoms with Gasteiger partial charge in [-0.25, -0.2) is 9.97 Å². The first kappa shape index (κ1) is 22.7.